The molecule has 1 amide bonds. The molecule has 14 heavy (non-hydrogen) atoms. The van der Waals surface area contributed by atoms with Gasteiger partial charge in [0.1, 0.15) is 0 Å². The number of nitrogens with zero attached hydrogens (tertiary/aromatic N) is 1. The molecule has 0 heterocycles. The second-order valence-electron chi connectivity index (χ2n) is 2.63. The van der Waals surface area contributed by atoms with Crippen molar-refractivity contribution in [3.05, 3.63) is 30.3 Å². The highest BCUT2D eigenvalue weighted by molar-refractivity contribution is 8.26. The largest absolute Gasteiger partial charge is 0.378 e. The summed E-state index contributed by atoms with van der Waals surface area (Å²) in [5, 5.41) is 6.52. The Bertz CT molecular complexity index is 339. The van der Waals surface area contributed by atoms with E-state index in [4.69, 9.17) is 11.1 Å². The van der Waals surface area contributed by atoms with Crippen LogP contribution in [0.2, 0.25) is 0 Å². The molecule has 0 aliphatic carbocycles. The molecule has 0 spiro atoms. The maximum atomic E-state index is 11.4. The molecule has 0 saturated carbocycles. The van der Waals surface area contributed by atoms with E-state index in [0.29, 0.717) is 11.8 Å². The van der Waals surface area contributed by atoms with Gasteiger partial charge >= 0.3 is 0 Å². The Morgan fingerprint density at radius 3 is 2.50 bits per heavy atom. The van der Waals surface area contributed by atoms with Gasteiger partial charge in [-0.2, -0.15) is 0 Å². The van der Waals surface area contributed by atoms with Crippen LogP contribution in [-0.2, 0) is 0 Å². The lowest BCUT2D eigenvalue weighted by Crippen LogP contribution is -2.24. The molecular formula is C9H11N3OS. The molecule has 1 rings (SSSR count). The summed E-state index contributed by atoms with van der Waals surface area (Å²) in [7, 11) is 1.65. The van der Waals surface area contributed by atoms with Crippen LogP contribution >= 0.6 is 11.8 Å². The van der Waals surface area contributed by atoms with Crippen molar-refractivity contribution in [2.24, 2.45) is 5.73 Å². The van der Waals surface area contributed by atoms with Crippen LogP contribution in [0.5, 0.6) is 0 Å². The Morgan fingerprint density at radius 2 is 2.00 bits per heavy atom. The van der Waals surface area contributed by atoms with E-state index in [2.05, 4.69) is 0 Å². The fraction of sp³-hybridized carbons (Fsp3) is 0.111. The topological polar surface area (TPSA) is 70.2 Å². The third kappa shape index (κ3) is 2.77. The zero-order valence-electron chi connectivity index (χ0n) is 7.73. The van der Waals surface area contributed by atoms with Crippen molar-refractivity contribution < 1.29 is 4.79 Å². The Hall–Kier alpha value is -1.49. The summed E-state index contributed by atoms with van der Waals surface area (Å²) in [5.41, 5.74) is 5.89. The first-order chi connectivity index (χ1) is 6.61. The third-order valence-corrected chi connectivity index (χ3v) is 2.28. The standard InChI is InChI=1S/C9H11N3OS/c1-12(9(13)14-8(10)11)7-5-3-2-4-6-7/h2-6H,1H3,(H3,10,11). The summed E-state index contributed by atoms with van der Waals surface area (Å²) in [5.74, 6) is 0. The quantitative estimate of drug-likeness (QED) is 0.548. The van der Waals surface area contributed by atoms with Gasteiger partial charge in [0.05, 0.1) is 0 Å². The van der Waals surface area contributed by atoms with Gasteiger partial charge in [-0.05, 0) is 12.1 Å². The number of carbonyl (C=O) groups excluding carboxylic acids is 1. The Morgan fingerprint density at radius 1 is 1.43 bits per heavy atom. The number of benzene rings is 1. The molecule has 0 fully saturated rings. The number of thioether (sulfide) groups is 1. The maximum absolute atomic E-state index is 11.4. The number of hydrogen-bond acceptors (Lipinski definition) is 3. The Balaban J connectivity index is 2.71. The predicted molar refractivity (Wildman–Crippen MR) is 59.7 cm³/mol. The summed E-state index contributed by atoms with van der Waals surface area (Å²) in [4.78, 5) is 12.9. The predicted octanol–water partition coefficient (Wildman–Crippen LogP) is 1.87. The fourth-order valence-corrected chi connectivity index (χ4v) is 1.35. The van der Waals surface area contributed by atoms with E-state index in [1.165, 1.54) is 4.90 Å². The van der Waals surface area contributed by atoms with Gasteiger partial charge in [-0.1, -0.05) is 18.2 Å². The summed E-state index contributed by atoms with van der Waals surface area (Å²) in [6, 6.07) is 9.20. The average molecular weight is 209 g/mol. The summed E-state index contributed by atoms with van der Waals surface area (Å²) >= 11 is 0.705. The number of amides is 1. The molecule has 1 aromatic carbocycles. The minimum atomic E-state index is -0.260. The molecule has 0 unspecified atom stereocenters. The number of rotatable bonds is 1. The first-order valence-corrected chi connectivity index (χ1v) is 4.77. The number of anilines is 1. The number of nitrogens with one attached hydrogen (secondary N) is 1. The molecule has 0 atom stereocenters. The van der Waals surface area contributed by atoms with E-state index in [-0.39, 0.29) is 10.4 Å². The second kappa shape index (κ2) is 4.66. The zero-order valence-corrected chi connectivity index (χ0v) is 8.54. The van der Waals surface area contributed by atoms with E-state index in [1.807, 2.05) is 30.3 Å². The zero-order chi connectivity index (χ0) is 10.6. The van der Waals surface area contributed by atoms with Crippen molar-refractivity contribution in [2.45, 2.75) is 0 Å². The van der Waals surface area contributed by atoms with Crippen LogP contribution in [0.3, 0.4) is 0 Å². The highest BCUT2D eigenvalue weighted by Gasteiger charge is 2.11. The summed E-state index contributed by atoms with van der Waals surface area (Å²) < 4.78 is 0. The van der Waals surface area contributed by atoms with Gasteiger partial charge in [0.2, 0.25) is 0 Å². The molecule has 0 saturated heterocycles. The Kier molecular flexibility index (Phi) is 3.53. The number of hydrogen-bond donors (Lipinski definition) is 2. The average Bonchev–Trinajstić information content (AvgIpc) is 2.17. The molecule has 0 aromatic heterocycles. The van der Waals surface area contributed by atoms with Crippen molar-refractivity contribution in [2.75, 3.05) is 11.9 Å². The minimum absolute atomic E-state index is 0.196. The molecule has 4 nitrogen and oxygen atoms in total. The van der Waals surface area contributed by atoms with Crippen molar-refractivity contribution in [1.82, 2.24) is 0 Å². The highest BCUT2D eigenvalue weighted by Crippen LogP contribution is 2.16. The fourth-order valence-electron chi connectivity index (χ4n) is 0.920. The Labute approximate surface area is 86.6 Å². The molecule has 3 N–H and O–H groups in total. The van der Waals surface area contributed by atoms with Crippen LogP contribution < -0.4 is 10.6 Å². The molecule has 74 valence electrons. The SMILES string of the molecule is CN(C(=O)SC(=N)N)c1ccccc1. The van der Waals surface area contributed by atoms with Gasteiger partial charge in [-0.3, -0.25) is 10.2 Å². The van der Waals surface area contributed by atoms with Crippen molar-refractivity contribution in [1.29, 1.82) is 5.41 Å². The van der Waals surface area contributed by atoms with Gasteiger partial charge < -0.3 is 10.6 Å². The molecule has 0 bridgehead atoms. The van der Waals surface area contributed by atoms with Crippen LogP contribution in [0.25, 0.3) is 0 Å². The van der Waals surface area contributed by atoms with E-state index < -0.39 is 0 Å². The van der Waals surface area contributed by atoms with Gasteiger partial charge in [0.15, 0.2) is 5.17 Å². The van der Waals surface area contributed by atoms with E-state index in [1.54, 1.807) is 7.05 Å². The smallest absolute Gasteiger partial charge is 0.293 e. The highest BCUT2D eigenvalue weighted by atomic mass is 32.2. The summed E-state index contributed by atoms with van der Waals surface area (Å²) in [6.45, 7) is 0. The number of nitrogens with two attached hydrogens (primary N) is 1. The lowest BCUT2D eigenvalue weighted by Gasteiger charge is -2.15. The lowest BCUT2D eigenvalue weighted by atomic mass is 10.3. The minimum Gasteiger partial charge on any atom is -0.378 e. The van der Waals surface area contributed by atoms with Gasteiger partial charge in [-0.25, -0.2) is 0 Å². The van der Waals surface area contributed by atoms with Crippen molar-refractivity contribution >= 4 is 27.9 Å². The van der Waals surface area contributed by atoms with Gasteiger partial charge in [0.25, 0.3) is 5.24 Å². The van der Waals surface area contributed by atoms with Crippen LogP contribution in [0.4, 0.5) is 10.5 Å². The van der Waals surface area contributed by atoms with Gasteiger partial charge in [-0.15, -0.1) is 0 Å². The van der Waals surface area contributed by atoms with E-state index >= 15 is 0 Å². The maximum Gasteiger partial charge on any atom is 0.293 e. The third-order valence-electron chi connectivity index (χ3n) is 1.61. The van der Waals surface area contributed by atoms with E-state index in [0.717, 1.165) is 5.69 Å². The van der Waals surface area contributed by atoms with Crippen LogP contribution in [0.15, 0.2) is 30.3 Å². The van der Waals surface area contributed by atoms with E-state index in [9.17, 15) is 4.79 Å². The molecular weight excluding hydrogens is 198 g/mol. The van der Waals surface area contributed by atoms with Crippen LogP contribution in [-0.4, -0.2) is 17.5 Å². The summed E-state index contributed by atoms with van der Waals surface area (Å²) in [6.07, 6.45) is 0. The molecule has 1 aromatic rings. The second-order valence-corrected chi connectivity index (χ2v) is 3.62. The lowest BCUT2D eigenvalue weighted by molar-refractivity contribution is 0.266. The first kappa shape index (κ1) is 10.6. The molecule has 5 heteroatoms. The first-order valence-electron chi connectivity index (χ1n) is 3.96. The molecule has 0 aliphatic heterocycles. The number of carbonyl (C=O) groups is 1. The van der Waals surface area contributed by atoms with Crippen LogP contribution in [0, 0.1) is 5.41 Å². The van der Waals surface area contributed by atoms with Crippen molar-refractivity contribution in [3.63, 3.8) is 0 Å². The van der Waals surface area contributed by atoms with Gasteiger partial charge in [0, 0.05) is 24.5 Å². The molecule has 0 aliphatic rings. The van der Waals surface area contributed by atoms with Crippen molar-refractivity contribution in [3.8, 4) is 0 Å². The normalized spacial score (nSPS) is 9.50. The number of para-hydroxylation sites is 1. The molecule has 0 radical (unpaired) electrons. The van der Waals surface area contributed by atoms with Crippen LogP contribution in [0.1, 0.15) is 0 Å². The number of amidine groups is 1. The monoisotopic (exact) mass is 209 g/mol.